The first-order valence-electron chi connectivity index (χ1n) is 9.09. The topological polar surface area (TPSA) is 164 Å². The average Bonchev–Trinajstić information content (AvgIpc) is 2.94. The van der Waals surface area contributed by atoms with Gasteiger partial charge in [-0.25, -0.2) is 0 Å². The number of rotatable bonds is 5. The van der Waals surface area contributed by atoms with Crippen LogP contribution in [-0.2, 0) is 19.7 Å². The molecule has 10 heteroatoms. The van der Waals surface area contributed by atoms with Crippen LogP contribution >= 0.6 is 0 Å². The van der Waals surface area contributed by atoms with Crippen molar-refractivity contribution in [3.05, 3.63) is 23.8 Å². The van der Waals surface area contributed by atoms with Crippen LogP contribution in [0.15, 0.2) is 18.2 Å². The number of ether oxygens (including phenoxy) is 1. The highest BCUT2D eigenvalue weighted by Gasteiger charge is 2.65. The van der Waals surface area contributed by atoms with Crippen LogP contribution in [0.4, 0.5) is 0 Å². The molecular formula is C19H27NO8S. The van der Waals surface area contributed by atoms with Crippen LogP contribution in [0, 0.1) is 16.7 Å². The van der Waals surface area contributed by atoms with Crippen LogP contribution in [0.1, 0.15) is 44.7 Å². The Balaban J connectivity index is 0.000000208. The molecule has 0 amide bonds. The molecule has 29 heavy (non-hydrogen) atoms. The second-order valence-electron chi connectivity index (χ2n) is 8.14. The van der Waals surface area contributed by atoms with Gasteiger partial charge in [-0.3, -0.25) is 14.1 Å². The summed E-state index contributed by atoms with van der Waals surface area (Å²) in [5.41, 5.74) is 4.64. The smallest absolute Gasteiger partial charge is 0.325 e. The lowest BCUT2D eigenvalue weighted by Gasteiger charge is -2.35. The number of hydrogen-bond acceptors (Lipinski definition) is 7. The lowest BCUT2D eigenvalue weighted by atomic mass is 9.70. The number of fused-ring (bicyclic) bond motifs is 2. The van der Waals surface area contributed by atoms with Crippen LogP contribution in [0.2, 0.25) is 0 Å². The van der Waals surface area contributed by atoms with Crippen LogP contribution in [0.3, 0.4) is 0 Å². The first-order valence-corrected chi connectivity index (χ1v) is 10.7. The predicted octanol–water partition coefficient (Wildman–Crippen LogP) is 1.75. The highest BCUT2D eigenvalue weighted by Crippen LogP contribution is 2.64. The van der Waals surface area contributed by atoms with Gasteiger partial charge in [0.15, 0.2) is 11.5 Å². The number of phenols is 1. The van der Waals surface area contributed by atoms with Gasteiger partial charge >= 0.3 is 5.97 Å². The Morgan fingerprint density at radius 3 is 2.41 bits per heavy atom. The van der Waals surface area contributed by atoms with Crippen molar-refractivity contribution in [1.29, 1.82) is 0 Å². The van der Waals surface area contributed by atoms with Gasteiger partial charge in [-0.15, -0.1) is 0 Å². The maximum absolute atomic E-state index is 11.9. The van der Waals surface area contributed by atoms with Gasteiger partial charge in [0.1, 0.15) is 11.8 Å². The second-order valence-corrected chi connectivity index (χ2v) is 9.59. The van der Waals surface area contributed by atoms with E-state index in [0.717, 1.165) is 6.42 Å². The molecule has 1 aromatic rings. The first kappa shape index (κ1) is 23.1. The van der Waals surface area contributed by atoms with E-state index in [4.69, 9.17) is 20.1 Å². The van der Waals surface area contributed by atoms with E-state index in [1.54, 1.807) is 0 Å². The van der Waals surface area contributed by atoms with E-state index in [-0.39, 0.29) is 28.6 Å². The maximum Gasteiger partial charge on any atom is 0.325 e. The molecule has 0 heterocycles. The molecule has 2 fully saturated rings. The third-order valence-electron chi connectivity index (χ3n) is 6.40. The Kier molecular flexibility index (Phi) is 6.32. The summed E-state index contributed by atoms with van der Waals surface area (Å²) in [6, 6.07) is 3.08. The van der Waals surface area contributed by atoms with Crippen molar-refractivity contribution in [3.8, 4) is 11.5 Å². The Morgan fingerprint density at radius 2 is 2.00 bits per heavy atom. The van der Waals surface area contributed by atoms with Gasteiger partial charge in [-0.05, 0) is 41.9 Å². The molecule has 2 bridgehead atoms. The van der Waals surface area contributed by atoms with E-state index < -0.39 is 33.3 Å². The molecule has 3 rings (SSSR count). The zero-order valence-corrected chi connectivity index (χ0v) is 17.4. The molecule has 3 unspecified atom stereocenters. The zero-order valence-electron chi connectivity index (χ0n) is 16.6. The summed E-state index contributed by atoms with van der Waals surface area (Å²) in [7, 11) is -2.70. The van der Waals surface area contributed by atoms with Crippen molar-refractivity contribution in [2.45, 2.75) is 39.2 Å². The standard InChI is InChI=1S/C10H16O4S.C9H11NO4/c1-9(2)7-3-4-10(9,8(11)5-7)6-15(12,13)14;1-14-7-4-5(2-3-6(7)11)8(10)9(12)13/h7H,3-6H2,1-2H3,(H,12,13,14);2-4,8,11H,10H2,1H3,(H,12,13). The molecule has 5 N–H and O–H groups in total. The SMILES string of the molecule is CC1(C)C2CCC1(CS(=O)(=O)O)C(=O)C2.COc1cc(C(N)C(=O)O)ccc1O. The van der Waals surface area contributed by atoms with Gasteiger partial charge in [-0.1, -0.05) is 19.9 Å². The number of ketones is 1. The molecule has 2 aliphatic carbocycles. The fourth-order valence-corrected chi connectivity index (χ4v) is 5.75. The number of Topliss-reactive ketones (excluding diaryl/α,β-unsaturated/α-hetero) is 1. The van der Waals surface area contributed by atoms with E-state index in [0.29, 0.717) is 18.4 Å². The summed E-state index contributed by atoms with van der Waals surface area (Å²) in [6.07, 6.45) is 1.97. The van der Waals surface area contributed by atoms with Gasteiger partial charge in [-0.2, -0.15) is 8.42 Å². The van der Waals surface area contributed by atoms with E-state index in [9.17, 15) is 23.1 Å². The van der Waals surface area contributed by atoms with Crippen LogP contribution in [-0.4, -0.2) is 47.8 Å². The predicted molar refractivity (Wildman–Crippen MR) is 104 cm³/mol. The van der Waals surface area contributed by atoms with Gasteiger partial charge in [0.05, 0.1) is 18.3 Å². The molecule has 0 radical (unpaired) electrons. The average molecular weight is 429 g/mol. The third-order valence-corrected chi connectivity index (χ3v) is 7.25. The Morgan fingerprint density at radius 1 is 1.38 bits per heavy atom. The van der Waals surface area contributed by atoms with E-state index in [1.165, 1.54) is 25.3 Å². The molecule has 0 spiro atoms. The van der Waals surface area contributed by atoms with Crippen LogP contribution in [0.5, 0.6) is 11.5 Å². The number of carbonyl (C=O) groups is 2. The van der Waals surface area contributed by atoms with Crippen molar-refractivity contribution < 1.29 is 37.5 Å². The molecule has 2 saturated carbocycles. The van der Waals surface area contributed by atoms with Crippen molar-refractivity contribution >= 4 is 21.9 Å². The van der Waals surface area contributed by atoms with Gasteiger partial charge in [0, 0.05) is 6.42 Å². The molecule has 1 aromatic carbocycles. The number of hydrogen-bond donors (Lipinski definition) is 4. The summed E-state index contributed by atoms with van der Waals surface area (Å²) in [5, 5.41) is 17.9. The number of nitrogens with two attached hydrogens (primary N) is 1. The molecule has 0 aliphatic heterocycles. The zero-order chi connectivity index (χ0) is 22.2. The molecule has 162 valence electrons. The first-order chi connectivity index (χ1) is 13.2. The number of carbonyl (C=O) groups excluding carboxylic acids is 1. The monoisotopic (exact) mass is 429 g/mol. The molecule has 0 aromatic heterocycles. The molecule has 0 saturated heterocycles. The maximum atomic E-state index is 11.9. The quantitative estimate of drug-likeness (QED) is 0.510. The van der Waals surface area contributed by atoms with Gasteiger partial charge in [0.2, 0.25) is 0 Å². The number of carboxylic acids is 1. The second kappa shape index (κ2) is 7.92. The normalized spacial score (nSPS) is 25.8. The number of carboxylic acid groups (broad SMARTS) is 1. The highest BCUT2D eigenvalue weighted by molar-refractivity contribution is 7.85. The van der Waals surface area contributed by atoms with E-state index in [1.807, 2.05) is 13.8 Å². The van der Waals surface area contributed by atoms with Crippen molar-refractivity contribution in [2.24, 2.45) is 22.5 Å². The molecule has 2 aliphatic rings. The molecule has 3 atom stereocenters. The lowest BCUT2D eigenvalue weighted by Crippen LogP contribution is -2.42. The Hall–Kier alpha value is -2.17. The van der Waals surface area contributed by atoms with Gasteiger partial charge < -0.3 is 20.7 Å². The summed E-state index contributed by atoms with van der Waals surface area (Å²) >= 11 is 0. The summed E-state index contributed by atoms with van der Waals surface area (Å²) in [6.45, 7) is 3.89. The van der Waals surface area contributed by atoms with Crippen molar-refractivity contribution in [3.63, 3.8) is 0 Å². The number of aliphatic carboxylic acids is 1. The summed E-state index contributed by atoms with van der Waals surface area (Å²) in [4.78, 5) is 22.4. The highest BCUT2D eigenvalue weighted by atomic mass is 32.2. The van der Waals surface area contributed by atoms with E-state index >= 15 is 0 Å². The minimum Gasteiger partial charge on any atom is -0.504 e. The Bertz CT molecular complexity index is 911. The fourth-order valence-electron chi connectivity index (χ4n) is 4.45. The number of methoxy groups -OCH3 is 1. The minimum atomic E-state index is -4.08. The van der Waals surface area contributed by atoms with Gasteiger partial charge in [0.25, 0.3) is 10.1 Å². The Labute approximate surface area is 169 Å². The summed E-state index contributed by atoms with van der Waals surface area (Å²) < 4.78 is 35.8. The van der Waals surface area contributed by atoms with Crippen LogP contribution in [0.25, 0.3) is 0 Å². The van der Waals surface area contributed by atoms with E-state index in [2.05, 4.69) is 0 Å². The minimum absolute atomic E-state index is 0.0152. The van der Waals surface area contributed by atoms with Crippen molar-refractivity contribution in [1.82, 2.24) is 0 Å². The third kappa shape index (κ3) is 4.39. The molecular weight excluding hydrogens is 402 g/mol. The van der Waals surface area contributed by atoms with Crippen molar-refractivity contribution in [2.75, 3.05) is 12.9 Å². The molecule has 9 nitrogen and oxygen atoms in total. The number of benzene rings is 1. The summed E-state index contributed by atoms with van der Waals surface area (Å²) in [5.74, 6) is -1.07. The number of aromatic hydroxyl groups is 1. The largest absolute Gasteiger partial charge is 0.504 e. The fraction of sp³-hybridized carbons (Fsp3) is 0.579. The van der Waals surface area contributed by atoms with Crippen LogP contribution < -0.4 is 10.5 Å². The lowest BCUT2D eigenvalue weighted by molar-refractivity contribution is -0.138. The number of phenolic OH excluding ortho intramolecular Hbond substituents is 1.